The van der Waals surface area contributed by atoms with Gasteiger partial charge in [0.25, 0.3) is 0 Å². The molecule has 23 heteroatoms. The minimum Gasteiger partial charge on any atom is -0.394 e. The van der Waals surface area contributed by atoms with E-state index in [4.69, 9.17) is 47.4 Å². The van der Waals surface area contributed by atoms with E-state index in [0.29, 0.717) is 6.42 Å². The molecular formula is C36H63NO22. The highest BCUT2D eigenvalue weighted by atomic mass is 16.8. The summed E-state index contributed by atoms with van der Waals surface area (Å²) in [7, 11) is 0. The minimum atomic E-state index is -1.88. The number of carbonyl (C=O) groups is 1. The van der Waals surface area contributed by atoms with E-state index < -0.39 is 172 Å². The minimum absolute atomic E-state index is 0.107. The second kappa shape index (κ2) is 20.9. The number of aliphatic hydroxyl groups is 11. The summed E-state index contributed by atoms with van der Waals surface area (Å²) >= 11 is 0. The van der Waals surface area contributed by atoms with E-state index in [1.807, 2.05) is 6.92 Å². The fourth-order valence-electron chi connectivity index (χ4n) is 7.82. The van der Waals surface area contributed by atoms with Crippen molar-refractivity contribution < 1.29 is 108 Å². The Morgan fingerprint density at radius 1 is 0.508 bits per heavy atom. The van der Waals surface area contributed by atoms with E-state index in [2.05, 4.69) is 5.32 Å². The monoisotopic (exact) mass is 861 g/mol. The standard InChI is InChI=1S/C36H63NO22/c1-7-8-50-36-31(30(21(43)14(5)53-36)58-35-27(49)25(47)22(44)16(9-38)55-35)59-33-18(37-15(6)40)29(23(45)17(10-39)54-33)57-32-11(2)28(20(42)13(4)51-32)56-34-26(48)24(46)19(41)12(3)52-34/h11-14,16-36,38-39,41-49H,7-10H2,1-6H3,(H,37,40)/t11?,12?,13?,14?,16-,17?,18-,19+,20+,21+,22-,23+,24-,25?,26?,27?,28+,29?,30-,31?,32+,33+,34+,35-,36-/m1/s1. The first-order valence-electron chi connectivity index (χ1n) is 20.0. The Labute approximate surface area is 340 Å². The zero-order chi connectivity index (χ0) is 43.6. The van der Waals surface area contributed by atoms with Crippen molar-refractivity contribution in [3.8, 4) is 0 Å². The zero-order valence-corrected chi connectivity index (χ0v) is 33.7. The molecule has 0 aromatic carbocycles. The number of aliphatic hydroxyl groups excluding tert-OH is 11. The van der Waals surface area contributed by atoms with Crippen molar-refractivity contribution in [1.82, 2.24) is 5.32 Å². The summed E-state index contributed by atoms with van der Waals surface area (Å²) in [5.74, 6) is -1.58. The second-order valence-corrected chi connectivity index (χ2v) is 15.9. The van der Waals surface area contributed by atoms with Gasteiger partial charge in [0.2, 0.25) is 5.91 Å². The van der Waals surface area contributed by atoms with E-state index in [1.54, 1.807) is 6.92 Å². The quantitative estimate of drug-likeness (QED) is 0.0773. The van der Waals surface area contributed by atoms with Gasteiger partial charge in [-0.15, -0.1) is 0 Å². The maximum Gasteiger partial charge on any atom is 0.217 e. The maximum atomic E-state index is 12.8. The third kappa shape index (κ3) is 10.5. The van der Waals surface area contributed by atoms with Crippen LogP contribution < -0.4 is 5.32 Å². The number of carbonyl (C=O) groups excluding carboxylic acids is 1. The zero-order valence-electron chi connectivity index (χ0n) is 33.7. The lowest BCUT2D eigenvalue weighted by atomic mass is 9.91. The molecule has 0 aromatic rings. The molecule has 1 amide bonds. The molecule has 5 fully saturated rings. The number of hydrogen-bond donors (Lipinski definition) is 12. The highest BCUT2D eigenvalue weighted by Crippen LogP contribution is 2.38. The molecular weight excluding hydrogens is 798 g/mol. The summed E-state index contributed by atoms with van der Waals surface area (Å²) in [4.78, 5) is 12.8. The van der Waals surface area contributed by atoms with E-state index in [0.717, 1.165) is 6.92 Å². The van der Waals surface area contributed by atoms with Crippen molar-refractivity contribution in [2.24, 2.45) is 5.92 Å². The van der Waals surface area contributed by atoms with Crippen LogP contribution in [0.25, 0.3) is 0 Å². The lowest BCUT2D eigenvalue weighted by Crippen LogP contribution is -2.69. The predicted molar refractivity (Wildman–Crippen MR) is 191 cm³/mol. The van der Waals surface area contributed by atoms with Gasteiger partial charge in [0.15, 0.2) is 31.5 Å². The van der Waals surface area contributed by atoms with Crippen LogP contribution >= 0.6 is 0 Å². The van der Waals surface area contributed by atoms with Crippen LogP contribution in [0.15, 0.2) is 0 Å². The number of hydrogen-bond acceptors (Lipinski definition) is 22. The van der Waals surface area contributed by atoms with Gasteiger partial charge in [0.05, 0.1) is 37.6 Å². The third-order valence-corrected chi connectivity index (χ3v) is 11.4. The van der Waals surface area contributed by atoms with E-state index in [1.165, 1.54) is 20.8 Å². The average Bonchev–Trinajstić information content (AvgIpc) is 3.20. The van der Waals surface area contributed by atoms with Crippen LogP contribution in [0.2, 0.25) is 0 Å². The van der Waals surface area contributed by atoms with Crippen molar-refractivity contribution in [1.29, 1.82) is 0 Å². The SMILES string of the molecule is CCCO[C@@H]1OC(C)[C@H](O)[C@@H](O[C@H]2O[C@H](CO)[C@@H](O)C(O)C2O)C1O[C@@H]1OC(CO)[C@H](O)C(O[C@@H]2OC(C)[C@H](O)[C@@H](O[C@@H]3OC(C)[C@H](O)[C@@H](O)C3O)C2C)[C@H]1NC(C)=O. The molecule has 0 radical (unpaired) electrons. The number of rotatable bonds is 14. The Balaban J connectivity index is 1.44. The molecule has 5 heterocycles. The number of amides is 1. The van der Waals surface area contributed by atoms with Gasteiger partial charge in [0.1, 0.15) is 91.5 Å². The largest absolute Gasteiger partial charge is 0.394 e. The summed E-state index contributed by atoms with van der Waals surface area (Å²) in [6, 6.07) is -1.44. The Bertz CT molecular complexity index is 1320. The van der Waals surface area contributed by atoms with Gasteiger partial charge in [-0.25, -0.2) is 0 Å². The van der Waals surface area contributed by atoms with Crippen LogP contribution in [0, 0.1) is 5.92 Å². The van der Waals surface area contributed by atoms with Gasteiger partial charge in [0, 0.05) is 19.4 Å². The van der Waals surface area contributed by atoms with Crippen LogP contribution in [0.4, 0.5) is 0 Å². The van der Waals surface area contributed by atoms with Gasteiger partial charge in [-0.3, -0.25) is 4.79 Å². The van der Waals surface area contributed by atoms with E-state index in [-0.39, 0.29) is 6.61 Å². The summed E-state index contributed by atoms with van der Waals surface area (Å²) in [5, 5.41) is 120. The molecule has 344 valence electrons. The molecule has 0 aromatic heterocycles. The number of ether oxygens (including phenoxy) is 10. The topological polar surface area (TPSA) is 344 Å². The molecule has 0 aliphatic carbocycles. The average molecular weight is 862 g/mol. The first-order chi connectivity index (χ1) is 27.8. The molecule has 10 unspecified atom stereocenters. The second-order valence-electron chi connectivity index (χ2n) is 15.9. The summed E-state index contributed by atoms with van der Waals surface area (Å²) < 4.78 is 59.9. The van der Waals surface area contributed by atoms with Crippen LogP contribution in [0.3, 0.4) is 0 Å². The maximum absolute atomic E-state index is 12.8. The fraction of sp³-hybridized carbons (Fsp3) is 0.972. The molecule has 0 spiro atoms. The summed E-state index contributed by atoms with van der Waals surface area (Å²) in [6.07, 6.45) is -33.4. The van der Waals surface area contributed by atoms with Gasteiger partial charge >= 0.3 is 0 Å². The van der Waals surface area contributed by atoms with Crippen molar-refractivity contribution in [2.45, 2.75) is 195 Å². The molecule has 12 N–H and O–H groups in total. The van der Waals surface area contributed by atoms with Gasteiger partial charge in [-0.05, 0) is 27.2 Å². The van der Waals surface area contributed by atoms with E-state index >= 15 is 0 Å². The molecule has 5 saturated heterocycles. The summed E-state index contributed by atoms with van der Waals surface area (Å²) in [6.45, 7) is 7.53. The Morgan fingerprint density at radius 3 is 1.56 bits per heavy atom. The lowest BCUT2D eigenvalue weighted by Gasteiger charge is -2.51. The summed E-state index contributed by atoms with van der Waals surface area (Å²) in [5.41, 5.74) is 0. The van der Waals surface area contributed by atoms with Crippen molar-refractivity contribution in [3.05, 3.63) is 0 Å². The van der Waals surface area contributed by atoms with E-state index in [9.17, 15) is 61.0 Å². The van der Waals surface area contributed by atoms with Crippen molar-refractivity contribution >= 4 is 5.91 Å². The van der Waals surface area contributed by atoms with Crippen LogP contribution in [-0.2, 0) is 52.2 Å². The molecule has 23 nitrogen and oxygen atoms in total. The first kappa shape index (κ1) is 48.7. The Kier molecular flexibility index (Phi) is 17.2. The smallest absolute Gasteiger partial charge is 0.217 e. The fourth-order valence-corrected chi connectivity index (χ4v) is 7.82. The molecule has 0 saturated carbocycles. The first-order valence-corrected chi connectivity index (χ1v) is 20.0. The Hall–Kier alpha value is -1.37. The number of nitrogens with one attached hydrogen (secondary N) is 1. The van der Waals surface area contributed by atoms with Crippen molar-refractivity contribution in [3.63, 3.8) is 0 Å². The molecule has 5 rings (SSSR count). The van der Waals surface area contributed by atoms with Gasteiger partial charge in [-0.1, -0.05) is 13.8 Å². The normalized spacial score (nSPS) is 51.0. The van der Waals surface area contributed by atoms with Crippen LogP contribution in [0.1, 0.15) is 48.0 Å². The molecule has 59 heavy (non-hydrogen) atoms. The van der Waals surface area contributed by atoms with Crippen molar-refractivity contribution in [2.75, 3.05) is 19.8 Å². The molecule has 5 aliphatic rings. The molecule has 5 aliphatic heterocycles. The Morgan fingerprint density at radius 2 is 0.966 bits per heavy atom. The van der Waals surface area contributed by atoms with Crippen LogP contribution in [0.5, 0.6) is 0 Å². The predicted octanol–water partition coefficient (Wildman–Crippen LogP) is -5.99. The molecule has 25 atom stereocenters. The third-order valence-electron chi connectivity index (χ3n) is 11.4. The van der Waals surface area contributed by atoms with Gasteiger partial charge in [-0.2, -0.15) is 0 Å². The van der Waals surface area contributed by atoms with Gasteiger partial charge < -0.3 is 109 Å². The highest BCUT2D eigenvalue weighted by molar-refractivity contribution is 5.73. The lowest BCUT2D eigenvalue weighted by molar-refractivity contribution is -0.389. The van der Waals surface area contributed by atoms with Crippen LogP contribution in [-0.4, -0.2) is 229 Å². The molecule has 0 bridgehead atoms. The highest BCUT2D eigenvalue weighted by Gasteiger charge is 2.56.